The van der Waals surface area contributed by atoms with Gasteiger partial charge >= 0.3 is 5.97 Å². The fraction of sp³-hybridized carbons (Fsp3) is 0.588. The van der Waals surface area contributed by atoms with Crippen LogP contribution in [0, 0.1) is 17.8 Å². The van der Waals surface area contributed by atoms with E-state index in [1.54, 1.807) is 0 Å². The molecule has 0 spiro atoms. The second-order valence-corrected chi connectivity index (χ2v) is 6.58. The van der Waals surface area contributed by atoms with Gasteiger partial charge in [0.05, 0.1) is 12.6 Å². The average molecular weight is 288 g/mol. The maximum atomic E-state index is 11.6. The first-order valence-electron chi connectivity index (χ1n) is 7.86. The predicted octanol–water partition coefficient (Wildman–Crippen LogP) is 3.01. The second-order valence-electron chi connectivity index (χ2n) is 6.58. The first kappa shape index (κ1) is 14.4. The lowest BCUT2D eigenvalue weighted by Gasteiger charge is -2.45. The van der Waals surface area contributed by atoms with Gasteiger partial charge in [0.25, 0.3) is 0 Å². The number of benzene rings is 1. The molecule has 1 heterocycles. The van der Waals surface area contributed by atoms with Crippen LogP contribution >= 0.6 is 0 Å². The van der Waals surface area contributed by atoms with E-state index in [-0.39, 0.29) is 17.8 Å². The quantitative estimate of drug-likeness (QED) is 0.878. The summed E-state index contributed by atoms with van der Waals surface area (Å²) in [5.74, 6) is -0.386. The van der Waals surface area contributed by atoms with E-state index in [1.165, 1.54) is 11.3 Å². The zero-order chi connectivity index (χ0) is 15.0. The van der Waals surface area contributed by atoms with Gasteiger partial charge in [-0.15, -0.1) is 0 Å². The topological polar surface area (TPSA) is 52.6 Å². The molecule has 2 N–H and O–H groups in total. The third-order valence-electron chi connectivity index (χ3n) is 5.32. The third kappa shape index (κ3) is 2.64. The lowest BCUT2D eigenvalue weighted by Crippen LogP contribution is -2.51. The Morgan fingerprint density at radius 1 is 1.29 bits per heavy atom. The van der Waals surface area contributed by atoms with Crippen LogP contribution in [0.2, 0.25) is 0 Å². The highest BCUT2D eigenvalue weighted by Crippen LogP contribution is 2.38. The first-order valence-corrected chi connectivity index (χ1v) is 7.86. The Morgan fingerprint density at radius 3 is 2.81 bits per heavy atom. The van der Waals surface area contributed by atoms with E-state index in [0.29, 0.717) is 6.04 Å². The van der Waals surface area contributed by atoms with Gasteiger partial charge in [-0.05, 0) is 36.3 Å². The molecular formula is C17H24N2O2. The van der Waals surface area contributed by atoms with Gasteiger partial charge in [0, 0.05) is 18.3 Å². The first-order chi connectivity index (χ1) is 10.1. The molecule has 4 nitrogen and oxygen atoms in total. The molecule has 1 fully saturated rings. The minimum absolute atomic E-state index is 0.193. The molecule has 3 rings (SSSR count). The Balaban J connectivity index is 1.77. The zero-order valence-corrected chi connectivity index (χ0v) is 12.7. The van der Waals surface area contributed by atoms with Crippen molar-refractivity contribution in [2.45, 2.75) is 39.3 Å². The highest BCUT2D eigenvalue weighted by atomic mass is 16.4. The van der Waals surface area contributed by atoms with Crippen molar-refractivity contribution in [1.82, 2.24) is 4.90 Å². The van der Waals surface area contributed by atoms with Crippen molar-refractivity contribution in [3.05, 3.63) is 29.8 Å². The molecule has 4 atom stereocenters. The maximum Gasteiger partial charge on any atom is 0.307 e. The van der Waals surface area contributed by atoms with Gasteiger partial charge in [-0.1, -0.05) is 32.0 Å². The van der Waals surface area contributed by atoms with Crippen molar-refractivity contribution in [3.63, 3.8) is 0 Å². The van der Waals surface area contributed by atoms with Crippen molar-refractivity contribution in [2.75, 3.05) is 12.0 Å². The number of nitrogens with one attached hydrogen (secondary N) is 1. The lowest BCUT2D eigenvalue weighted by atomic mass is 9.70. The van der Waals surface area contributed by atoms with Gasteiger partial charge < -0.3 is 10.4 Å². The molecule has 4 heteroatoms. The molecule has 1 aliphatic carbocycles. The van der Waals surface area contributed by atoms with Crippen LogP contribution in [0.5, 0.6) is 0 Å². The van der Waals surface area contributed by atoms with Gasteiger partial charge in [-0.3, -0.25) is 9.69 Å². The van der Waals surface area contributed by atoms with Crippen molar-refractivity contribution in [3.8, 4) is 0 Å². The van der Waals surface area contributed by atoms with Gasteiger partial charge in [0.1, 0.15) is 0 Å². The monoisotopic (exact) mass is 288 g/mol. The molecule has 0 radical (unpaired) electrons. The van der Waals surface area contributed by atoms with Gasteiger partial charge in [-0.25, -0.2) is 0 Å². The van der Waals surface area contributed by atoms with Crippen molar-refractivity contribution < 1.29 is 9.90 Å². The van der Waals surface area contributed by atoms with Crippen LogP contribution < -0.4 is 5.32 Å². The minimum Gasteiger partial charge on any atom is -0.481 e. The van der Waals surface area contributed by atoms with Gasteiger partial charge in [0.2, 0.25) is 0 Å². The Labute approximate surface area is 126 Å². The molecule has 0 amide bonds. The molecule has 21 heavy (non-hydrogen) atoms. The van der Waals surface area contributed by atoms with Crippen LogP contribution in [0.3, 0.4) is 0 Å². The smallest absolute Gasteiger partial charge is 0.307 e. The summed E-state index contributed by atoms with van der Waals surface area (Å²) in [6.45, 7) is 5.92. The number of hydrogen-bond donors (Lipinski definition) is 2. The largest absolute Gasteiger partial charge is 0.481 e. The number of rotatable bonds is 2. The number of anilines is 1. The molecule has 1 aromatic carbocycles. The summed E-state index contributed by atoms with van der Waals surface area (Å²) in [6, 6.07) is 8.73. The van der Waals surface area contributed by atoms with Crippen LogP contribution in [-0.4, -0.2) is 28.7 Å². The van der Waals surface area contributed by atoms with Crippen molar-refractivity contribution in [2.24, 2.45) is 17.8 Å². The van der Waals surface area contributed by atoms with Crippen LogP contribution in [0.15, 0.2) is 24.3 Å². The number of aliphatic carboxylic acids is 1. The van der Waals surface area contributed by atoms with Crippen LogP contribution in [0.1, 0.15) is 32.3 Å². The van der Waals surface area contributed by atoms with E-state index >= 15 is 0 Å². The highest BCUT2D eigenvalue weighted by molar-refractivity contribution is 5.71. The summed E-state index contributed by atoms with van der Waals surface area (Å²) in [6.07, 6.45) is 2.10. The van der Waals surface area contributed by atoms with Gasteiger partial charge in [0.15, 0.2) is 0 Å². The fourth-order valence-corrected chi connectivity index (χ4v) is 4.14. The zero-order valence-electron chi connectivity index (χ0n) is 12.7. The standard InChI is InChI=1S/C17H24N2O2/c1-11-7-8-15(12(2)16(11)17(20)21)19-9-13-5-3-4-6-14(13)18-10-19/h3-6,11-12,15-16,18H,7-10H2,1-2H3,(H,20,21). The Morgan fingerprint density at radius 2 is 2.05 bits per heavy atom. The lowest BCUT2D eigenvalue weighted by molar-refractivity contribution is -0.148. The van der Waals surface area contributed by atoms with E-state index in [4.69, 9.17) is 0 Å². The maximum absolute atomic E-state index is 11.6. The summed E-state index contributed by atoms with van der Waals surface area (Å²) in [5, 5.41) is 13.0. The molecule has 1 aromatic rings. The minimum atomic E-state index is -0.634. The number of para-hydroxylation sites is 1. The summed E-state index contributed by atoms with van der Waals surface area (Å²) in [4.78, 5) is 14.0. The molecule has 0 bridgehead atoms. The van der Waals surface area contributed by atoms with E-state index < -0.39 is 5.97 Å². The number of fused-ring (bicyclic) bond motifs is 1. The normalized spacial score (nSPS) is 33.0. The predicted molar refractivity (Wildman–Crippen MR) is 83.0 cm³/mol. The third-order valence-corrected chi connectivity index (χ3v) is 5.32. The summed E-state index contributed by atoms with van der Waals surface area (Å²) in [7, 11) is 0. The highest BCUT2D eigenvalue weighted by Gasteiger charge is 2.41. The molecular weight excluding hydrogens is 264 g/mol. The Bertz CT molecular complexity index is 531. The average Bonchev–Trinajstić information content (AvgIpc) is 2.46. The summed E-state index contributed by atoms with van der Waals surface area (Å²) in [5.41, 5.74) is 2.52. The van der Waals surface area contributed by atoms with Crippen molar-refractivity contribution in [1.29, 1.82) is 0 Å². The molecule has 0 saturated heterocycles. The Hall–Kier alpha value is -1.55. The molecule has 2 aliphatic rings. The molecule has 114 valence electrons. The fourth-order valence-electron chi connectivity index (χ4n) is 4.14. The summed E-state index contributed by atoms with van der Waals surface area (Å²) >= 11 is 0. The number of carboxylic acid groups (broad SMARTS) is 1. The van der Waals surface area contributed by atoms with Crippen molar-refractivity contribution >= 4 is 11.7 Å². The van der Waals surface area contributed by atoms with Crippen LogP contribution in [-0.2, 0) is 11.3 Å². The number of carboxylic acids is 1. The van der Waals surface area contributed by atoms with E-state index in [2.05, 4.69) is 42.3 Å². The Kier molecular flexibility index (Phi) is 3.89. The van der Waals surface area contributed by atoms with E-state index in [0.717, 1.165) is 26.1 Å². The molecule has 1 saturated carbocycles. The van der Waals surface area contributed by atoms with E-state index in [9.17, 15) is 9.90 Å². The van der Waals surface area contributed by atoms with Crippen LogP contribution in [0.4, 0.5) is 5.69 Å². The summed E-state index contributed by atoms with van der Waals surface area (Å²) < 4.78 is 0. The van der Waals surface area contributed by atoms with Gasteiger partial charge in [-0.2, -0.15) is 0 Å². The molecule has 4 unspecified atom stereocenters. The van der Waals surface area contributed by atoms with Crippen LogP contribution in [0.25, 0.3) is 0 Å². The molecule has 1 aliphatic heterocycles. The SMILES string of the molecule is CC1CCC(N2CNc3ccccc3C2)C(C)C1C(=O)O. The van der Waals surface area contributed by atoms with E-state index in [1.807, 2.05) is 6.07 Å². The number of carbonyl (C=O) groups is 1. The number of hydrogen-bond acceptors (Lipinski definition) is 3. The number of nitrogens with zero attached hydrogens (tertiary/aromatic N) is 1. The molecule has 0 aromatic heterocycles. The second kappa shape index (κ2) is 5.68.